The van der Waals surface area contributed by atoms with Crippen LogP contribution >= 0.6 is 0 Å². The third kappa shape index (κ3) is 4.13. The monoisotopic (exact) mass is 281 g/mol. The van der Waals surface area contributed by atoms with Crippen molar-refractivity contribution >= 4 is 5.97 Å². The van der Waals surface area contributed by atoms with Gasteiger partial charge in [-0.1, -0.05) is 19.1 Å². The fraction of sp³-hybridized carbons (Fsp3) is 0.533. The van der Waals surface area contributed by atoms with Crippen molar-refractivity contribution in [3.8, 4) is 11.5 Å². The highest BCUT2D eigenvalue weighted by Crippen LogP contribution is 2.32. The fourth-order valence-electron chi connectivity index (χ4n) is 1.88. The molecule has 1 aromatic carbocycles. The number of ether oxygens (including phenoxy) is 3. The Kier molecular flexibility index (Phi) is 6.87. The molecule has 112 valence electrons. The van der Waals surface area contributed by atoms with Gasteiger partial charge in [-0.3, -0.25) is 0 Å². The molecule has 1 rings (SSSR count). The Hall–Kier alpha value is -1.75. The Morgan fingerprint density at radius 1 is 1.35 bits per heavy atom. The molecule has 5 heteroatoms. The third-order valence-corrected chi connectivity index (χ3v) is 2.87. The minimum Gasteiger partial charge on any atom is -0.493 e. The lowest BCUT2D eigenvalue weighted by atomic mass is 10.1. The minimum atomic E-state index is -0.636. The Bertz CT molecular complexity index is 434. The fourth-order valence-corrected chi connectivity index (χ4v) is 1.88. The molecule has 0 heterocycles. The van der Waals surface area contributed by atoms with E-state index in [-0.39, 0.29) is 5.97 Å². The van der Waals surface area contributed by atoms with Crippen LogP contribution in [-0.2, 0) is 16.0 Å². The first-order valence-electron chi connectivity index (χ1n) is 6.87. The minimum absolute atomic E-state index is 0.334. The predicted octanol–water partition coefficient (Wildman–Crippen LogP) is 1.92. The molecular formula is C15H23NO4. The average Bonchev–Trinajstić information content (AvgIpc) is 2.46. The molecule has 0 fully saturated rings. The van der Waals surface area contributed by atoms with Crippen LogP contribution in [-0.4, -0.2) is 32.3 Å². The summed E-state index contributed by atoms with van der Waals surface area (Å²) in [7, 11) is 1.57. The lowest BCUT2D eigenvalue weighted by molar-refractivity contribution is -0.151. The highest BCUT2D eigenvalue weighted by atomic mass is 16.6. The molecule has 1 atom stereocenters. The number of benzene rings is 1. The summed E-state index contributed by atoms with van der Waals surface area (Å²) in [5.74, 6) is 0.804. The maximum absolute atomic E-state index is 11.8. The van der Waals surface area contributed by atoms with Crippen LogP contribution in [0, 0.1) is 0 Å². The lowest BCUT2D eigenvalue weighted by Gasteiger charge is -2.20. The van der Waals surface area contributed by atoms with Gasteiger partial charge in [-0.2, -0.15) is 0 Å². The van der Waals surface area contributed by atoms with Gasteiger partial charge in [-0.05, 0) is 37.9 Å². The van der Waals surface area contributed by atoms with Crippen molar-refractivity contribution in [3.05, 3.63) is 23.8 Å². The van der Waals surface area contributed by atoms with Gasteiger partial charge in [0.15, 0.2) is 17.6 Å². The zero-order valence-corrected chi connectivity index (χ0v) is 12.3. The van der Waals surface area contributed by atoms with E-state index in [0.717, 1.165) is 5.56 Å². The van der Waals surface area contributed by atoms with Gasteiger partial charge in [-0.15, -0.1) is 0 Å². The van der Waals surface area contributed by atoms with E-state index in [0.29, 0.717) is 37.5 Å². The average molecular weight is 281 g/mol. The molecule has 0 spiro atoms. The maximum atomic E-state index is 11.8. The van der Waals surface area contributed by atoms with E-state index >= 15 is 0 Å². The van der Waals surface area contributed by atoms with Crippen LogP contribution in [0.15, 0.2) is 18.2 Å². The van der Waals surface area contributed by atoms with Crippen molar-refractivity contribution in [1.82, 2.24) is 0 Å². The second-order valence-electron chi connectivity index (χ2n) is 4.25. The standard InChI is InChI=1S/C15H23NO4/c1-4-12(15(17)19-5-2)20-14-11(9-10-16)7-6-8-13(14)18-3/h6-8,12H,4-5,9-10,16H2,1-3H3. The normalized spacial score (nSPS) is 11.8. The van der Waals surface area contributed by atoms with Gasteiger partial charge in [0.1, 0.15) is 0 Å². The van der Waals surface area contributed by atoms with Crippen LogP contribution in [0.3, 0.4) is 0 Å². The number of esters is 1. The van der Waals surface area contributed by atoms with Crippen molar-refractivity contribution in [3.63, 3.8) is 0 Å². The Balaban J connectivity index is 3.00. The highest BCUT2D eigenvalue weighted by Gasteiger charge is 2.22. The molecule has 0 saturated heterocycles. The van der Waals surface area contributed by atoms with Crippen LogP contribution in [0.4, 0.5) is 0 Å². The number of carbonyl (C=O) groups is 1. The van der Waals surface area contributed by atoms with Gasteiger partial charge in [0.05, 0.1) is 13.7 Å². The molecule has 0 aliphatic rings. The van der Waals surface area contributed by atoms with Crippen molar-refractivity contribution in [2.24, 2.45) is 5.73 Å². The molecule has 5 nitrogen and oxygen atoms in total. The topological polar surface area (TPSA) is 70.8 Å². The number of para-hydroxylation sites is 1. The molecule has 2 N–H and O–H groups in total. The summed E-state index contributed by atoms with van der Waals surface area (Å²) in [5, 5.41) is 0. The summed E-state index contributed by atoms with van der Waals surface area (Å²) >= 11 is 0. The summed E-state index contributed by atoms with van der Waals surface area (Å²) in [6.45, 7) is 4.48. The molecule has 0 aliphatic heterocycles. The number of carbonyl (C=O) groups excluding carboxylic acids is 1. The number of rotatable bonds is 8. The number of hydrogen-bond donors (Lipinski definition) is 1. The van der Waals surface area contributed by atoms with Crippen LogP contribution in [0.5, 0.6) is 11.5 Å². The molecule has 20 heavy (non-hydrogen) atoms. The lowest BCUT2D eigenvalue weighted by Crippen LogP contribution is -2.29. The zero-order chi connectivity index (χ0) is 15.0. The van der Waals surface area contributed by atoms with E-state index in [4.69, 9.17) is 19.9 Å². The van der Waals surface area contributed by atoms with Crippen molar-refractivity contribution in [2.75, 3.05) is 20.3 Å². The van der Waals surface area contributed by atoms with Crippen LogP contribution in [0.25, 0.3) is 0 Å². The zero-order valence-electron chi connectivity index (χ0n) is 12.3. The van der Waals surface area contributed by atoms with Crippen molar-refractivity contribution < 1.29 is 19.0 Å². The van der Waals surface area contributed by atoms with E-state index in [1.807, 2.05) is 19.1 Å². The van der Waals surface area contributed by atoms with E-state index in [9.17, 15) is 4.79 Å². The second kappa shape index (κ2) is 8.43. The van der Waals surface area contributed by atoms with Gasteiger partial charge in [0.2, 0.25) is 0 Å². The van der Waals surface area contributed by atoms with Gasteiger partial charge in [0.25, 0.3) is 0 Å². The van der Waals surface area contributed by atoms with E-state index < -0.39 is 6.10 Å². The first kappa shape index (κ1) is 16.3. The number of methoxy groups -OCH3 is 1. The van der Waals surface area contributed by atoms with Crippen molar-refractivity contribution in [2.45, 2.75) is 32.8 Å². The van der Waals surface area contributed by atoms with Crippen LogP contribution in [0.2, 0.25) is 0 Å². The van der Waals surface area contributed by atoms with Gasteiger partial charge in [0, 0.05) is 0 Å². The van der Waals surface area contributed by atoms with Gasteiger partial charge < -0.3 is 19.9 Å². The maximum Gasteiger partial charge on any atom is 0.347 e. The van der Waals surface area contributed by atoms with Gasteiger partial charge in [-0.25, -0.2) is 4.79 Å². The summed E-state index contributed by atoms with van der Waals surface area (Å²) in [4.78, 5) is 11.8. The number of nitrogens with two attached hydrogens (primary N) is 1. The quantitative estimate of drug-likeness (QED) is 0.737. The summed E-state index contributed by atoms with van der Waals surface area (Å²) in [6.07, 6.45) is 0.549. The molecule has 0 radical (unpaired) electrons. The molecular weight excluding hydrogens is 258 g/mol. The molecule has 1 unspecified atom stereocenters. The first-order chi connectivity index (χ1) is 9.67. The number of hydrogen-bond acceptors (Lipinski definition) is 5. The molecule has 0 aromatic heterocycles. The highest BCUT2D eigenvalue weighted by molar-refractivity contribution is 5.75. The molecule has 1 aromatic rings. The van der Waals surface area contributed by atoms with Crippen molar-refractivity contribution in [1.29, 1.82) is 0 Å². The predicted molar refractivity (Wildman–Crippen MR) is 77.1 cm³/mol. The Morgan fingerprint density at radius 2 is 2.10 bits per heavy atom. The van der Waals surface area contributed by atoms with Gasteiger partial charge >= 0.3 is 5.97 Å². The van der Waals surface area contributed by atoms with Crippen LogP contribution < -0.4 is 15.2 Å². The first-order valence-corrected chi connectivity index (χ1v) is 6.87. The second-order valence-corrected chi connectivity index (χ2v) is 4.25. The van der Waals surface area contributed by atoms with E-state index in [1.54, 1.807) is 20.1 Å². The molecule has 0 amide bonds. The summed E-state index contributed by atoms with van der Waals surface area (Å²) < 4.78 is 16.1. The molecule has 0 bridgehead atoms. The summed E-state index contributed by atoms with van der Waals surface area (Å²) in [5.41, 5.74) is 6.53. The van der Waals surface area contributed by atoms with Crippen LogP contribution in [0.1, 0.15) is 25.8 Å². The van der Waals surface area contributed by atoms with E-state index in [2.05, 4.69) is 0 Å². The molecule has 0 saturated carbocycles. The smallest absolute Gasteiger partial charge is 0.347 e. The largest absolute Gasteiger partial charge is 0.493 e. The third-order valence-electron chi connectivity index (χ3n) is 2.87. The molecule has 0 aliphatic carbocycles. The Morgan fingerprint density at radius 3 is 2.65 bits per heavy atom. The summed E-state index contributed by atoms with van der Waals surface area (Å²) in [6, 6.07) is 5.60. The Labute approximate surface area is 120 Å². The van der Waals surface area contributed by atoms with E-state index in [1.165, 1.54) is 0 Å². The SMILES string of the molecule is CCOC(=O)C(CC)Oc1c(CCN)cccc1OC.